The Labute approximate surface area is 126 Å². The van der Waals surface area contributed by atoms with Gasteiger partial charge in [-0.1, -0.05) is 41.4 Å². The van der Waals surface area contributed by atoms with Crippen LogP contribution in [0.2, 0.25) is 10.0 Å². The Balaban J connectivity index is 2.44. The number of alkyl halides is 1. The van der Waals surface area contributed by atoms with Crippen LogP contribution in [0.3, 0.4) is 0 Å². The molecule has 0 nitrogen and oxygen atoms in total. The third-order valence-corrected chi connectivity index (χ3v) is 3.37. The van der Waals surface area contributed by atoms with Gasteiger partial charge in [-0.05, 0) is 41.5 Å². The number of hydrogen-bond donors (Lipinski definition) is 0. The average Bonchev–Trinajstić information content (AvgIpc) is 2.37. The summed E-state index contributed by atoms with van der Waals surface area (Å²) in [5.74, 6) is -0.188. The van der Waals surface area contributed by atoms with Crippen LogP contribution in [0.4, 0.5) is 4.39 Å². The number of hydrogen-bond acceptors (Lipinski definition) is 0. The largest absolute Gasteiger partial charge is 0.206 e. The van der Waals surface area contributed by atoms with Crippen molar-refractivity contribution >= 4 is 46.5 Å². The Hall–Kier alpha value is -1.02. The molecule has 0 amide bonds. The van der Waals surface area contributed by atoms with Gasteiger partial charge in [0.2, 0.25) is 0 Å². The van der Waals surface area contributed by atoms with Crippen LogP contribution in [0, 0.1) is 5.82 Å². The highest BCUT2D eigenvalue weighted by Gasteiger charge is 2.08. The van der Waals surface area contributed by atoms with Gasteiger partial charge >= 0.3 is 0 Å². The lowest BCUT2D eigenvalue weighted by atomic mass is 10.0. The first kappa shape index (κ1) is 14.4. The molecule has 0 bridgehead atoms. The van der Waals surface area contributed by atoms with Crippen molar-refractivity contribution < 1.29 is 4.39 Å². The molecule has 0 aromatic heterocycles. The molecule has 0 unspecified atom stereocenters. The van der Waals surface area contributed by atoms with E-state index in [9.17, 15) is 4.39 Å². The van der Waals surface area contributed by atoms with Crippen molar-refractivity contribution in [3.63, 3.8) is 0 Å². The van der Waals surface area contributed by atoms with E-state index in [1.807, 2.05) is 18.2 Å². The molecule has 0 aliphatic rings. The summed E-state index contributed by atoms with van der Waals surface area (Å²) in [6.07, 6.45) is 1.81. The smallest absolute Gasteiger partial charge is 0.132 e. The first-order chi connectivity index (χ1) is 9.10. The van der Waals surface area contributed by atoms with Crippen molar-refractivity contribution in [2.75, 3.05) is 5.88 Å². The Morgan fingerprint density at radius 1 is 1.05 bits per heavy atom. The van der Waals surface area contributed by atoms with E-state index in [0.717, 1.165) is 5.56 Å². The SMILES string of the molecule is Fc1cc(Cl)ccc1C(=Cc1cccc(Cl)c1)CCl. The van der Waals surface area contributed by atoms with Crippen LogP contribution in [-0.2, 0) is 0 Å². The lowest BCUT2D eigenvalue weighted by Crippen LogP contribution is -1.91. The van der Waals surface area contributed by atoms with Crippen molar-refractivity contribution in [2.24, 2.45) is 0 Å². The Kier molecular flexibility index (Phi) is 4.87. The quantitative estimate of drug-likeness (QED) is 0.488. The van der Waals surface area contributed by atoms with Gasteiger partial charge in [0.25, 0.3) is 0 Å². The molecule has 0 saturated heterocycles. The van der Waals surface area contributed by atoms with Gasteiger partial charge in [0.1, 0.15) is 5.82 Å². The average molecular weight is 316 g/mol. The minimum Gasteiger partial charge on any atom is -0.206 e. The van der Waals surface area contributed by atoms with E-state index in [0.29, 0.717) is 21.2 Å². The summed E-state index contributed by atoms with van der Waals surface area (Å²) in [6, 6.07) is 11.8. The standard InChI is InChI=1S/C15H10Cl3F/c16-9-11(6-10-2-1-3-12(17)7-10)14-5-4-13(18)8-15(14)19/h1-8H,9H2. The van der Waals surface area contributed by atoms with Crippen molar-refractivity contribution in [2.45, 2.75) is 0 Å². The molecule has 0 saturated carbocycles. The van der Waals surface area contributed by atoms with Gasteiger partial charge in [-0.15, -0.1) is 11.6 Å². The Morgan fingerprint density at radius 3 is 2.42 bits per heavy atom. The zero-order valence-corrected chi connectivity index (χ0v) is 12.1. The van der Waals surface area contributed by atoms with E-state index in [1.165, 1.54) is 6.07 Å². The number of halogens is 4. The lowest BCUT2D eigenvalue weighted by Gasteiger charge is -2.07. The molecular weight excluding hydrogens is 306 g/mol. The maximum atomic E-state index is 13.9. The van der Waals surface area contributed by atoms with Crippen LogP contribution in [0.5, 0.6) is 0 Å². The molecule has 2 rings (SSSR count). The molecule has 0 aliphatic heterocycles. The molecule has 0 heterocycles. The molecule has 0 fully saturated rings. The van der Waals surface area contributed by atoms with E-state index < -0.39 is 0 Å². The molecule has 0 N–H and O–H groups in total. The summed E-state index contributed by atoms with van der Waals surface area (Å²) in [4.78, 5) is 0. The summed E-state index contributed by atoms with van der Waals surface area (Å²) in [5, 5.41) is 0.983. The second-order valence-electron chi connectivity index (χ2n) is 3.98. The highest BCUT2D eigenvalue weighted by Crippen LogP contribution is 2.25. The van der Waals surface area contributed by atoms with Gasteiger partial charge in [-0.2, -0.15) is 0 Å². The summed E-state index contributed by atoms with van der Waals surface area (Å²) < 4.78 is 13.9. The number of allylic oxidation sites excluding steroid dienone is 1. The van der Waals surface area contributed by atoms with E-state index in [2.05, 4.69) is 0 Å². The maximum absolute atomic E-state index is 13.9. The third kappa shape index (κ3) is 3.73. The normalized spacial score (nSPS) is 11.7. The topological polar surface area (TPSA) is 0 Å². The van der Waals surface area contributed by atoms with Crippen LogP contribution < -0.4 is 0 Å². The van der Waals surface area contributed by atoms with Gasteiger partial charge in [0, 0.05) is 21.5 Å². The molecule has 0 spiro atoms. The molecule has 19 heavy (non-hydrogen) atoms. The Morgan fingerprint density at radius 2 is 1.79 bits per heavy atom. The van der Waals surface area contributed by atoms with Crippen molar-refractivity contribution in [1.29, 1.82) is 0 Å². The molecule has 0 aliphatic carbocycles. The fraction of sp³-hybridized carbons (Fsp3) is 0.0667. The van der Waals surface area contributed by atoms with Gasteiger partial charge < -0.3 is 0 Å². The van der Waals surface area contributed by atoms with Crippen LogP contribution in [0.25, 0.3) is 11.6 Å². The fourth-order valence-corrected chi connectivity index (χ4v) is 2.31. The van der Waals surface area contributed by atoms with E-state index in [4.69, 9.17) is 34.8 Å². The highest BCUT2D eigenvalue weighted by atomic mass is 35.5. The molecule has 0 atom stereocenters. The highest BCUT2D eigenvalue weighted by molar-refractivity contribution is 6.31. The van der Waals surface area contributed by atoms with Gasteiger partial charge in [0.15, 0.2) is 0 Å². The number of rotatable bonds is 3. The predicted molar refractivity (Wildman–Crippen MR) is 81.5 cm³/mol. The second kappa shape index (κ2) is 6.42. The van der Waals surface area contributed by atoms with Crippen molar-refractivity contribution in [1.82, 2.24) is 0 Å². The molecule has 98 valence electrons. The molecule has 2 aromatic rings. The monoisotopic (exact) mass is 314 g/mol. The van der Waals surface area contributed by atoms with Gasteiger partial charge in [-0.25, -0.2) is 4.39 Å². The van der Waals surface area contributed by atoms with Gasteiger partial charge in [0.05, 0.1) is 0 Å². The maximum Gasteiger partial charge on any atom is 0.132 e. The molecule has 0 radical (unpaired) electrons. The van der Waals surface area contributed by atoms with Crippen molar-refractivity contribution in [3.8, 4) is 0 Å². The second-order valence-corrected chi connectivity index (χ2v) is 5.12. The molecule has 4 heteroatoms. The molecular formula is C15H10Cl3F. The fourth-order valence-electron chi connectivity index (χ4n) is 1.74. The zero-order valence-electron chi connectivity index (χ0n) is 9.84. The van der Waals surface area contributed by atoms with Crippen LogP contribution >= 0.6 is 34.8 Å². The van der Waals surface area contributed by atoms with E-state index in [-0.39, 0.29) is 11.7 Å². The lowest BCUT2D eigenvalue weighted by molar-refractivity contribution is 0.624. The Bertz CT molecular complexity index is 621. The summed E-state index contributed by atoms with van der Waals surface area (Å²) in [5.41, 5.74) is 2.00. The van der Waals surface area contributed by atoms with Crippen LogP contribution in [0.1, 0.15) is 11.1 Å². The van der Waals surface area contributed by atoms with Crippen molar-refractivity contribution in [3.05, 3.63) is 69.5 Å². The first-order valence-electron chi connectivity index (χ1n) is 5.57. The number of benzene rings is 2. The third-order valence-electron chi connectivity index (χ3n) is 2.61. The first-order valence-corrected chi connectivity index (χ1v) is 6.86. The minimum atomic E-state index is -0.388. The predicted octanol–water partition coefficient (Wildman–Crippen LogP) is 5.91. The zero-order chi connectivity index (χ0) is 13.8. The van der Waals surface area contributed by atoms with Crippen LogP contribution in [0.15, 0.2) is 42.5 Å². The summed E-state index contributed by atoms with van der Waals surface area (Å²) >= 11 is 17.6. The van der Waals surface area contributed by atoms with E-state index >= 15 is 0 Å². The van der Waals surface area contributed by atoms with E-state index in [1.54, 1.807) is 24.3 Å². The summed E-state index contributed by atoms with van der Waals surface area (Å²) in [7, 11) is 0. The summed E-state index contributed by atoms with van der Waals surface area (Å²) in [6.45, 7) is 0. The minimum absolute atomic E-state index is 0.199. The van der Waals surface area contributed by atoms with Crippen LogP contribution in [-0.4, -0.2) is 5.88 Å². The molecule has 2 aromatic carbocycles. The van der Waals surface area contributed by atoms with Gasteiger partial charge in [-0.3, -0.25) is 0 Å².